The van der Waals surface area contributed by atoms with Crippen molar-refractivity contribution < 1.29 is 0 Å². The van der Waals surface area contributed by atoms with Crippen LogP contribution in [0.15, 0.2) is 17.8 Å². The molecule has 1 aliphatic rings. The average molecular weight is 304 g/mol. The van der Waals surface area contributed by atoms with Crippen molar-refractivity contribution in [2.45, 2.75) is 58.7 Å². The molecule has 0 unspecified atom stereocenters. The van der Waals surface area contributed by atoms with Crippen LogP contribution in [0.2, 0.25) is 0 Å². The van der Waals surface area contributed by atoms with Crippen LogP contribution in [0.4, 0.5) is 0 Å². The van der Waals surface area contributed by atoms with E-state index in [-0.39, 0.29) is 0 Å². The maximum absolute atomic E-state index is 4.63. The van der Waals surface area contributed by atoms with E-state index in [0.717, 1.165) is 24.6 Å². The van der Waals surface area contributed by atoms with E-state index in [2.05, 4.69) is 44.9 Å². The maximum Gasteiger partial charge on any atom is 0.107 e. The Hall–Kier alpha value is -1.20. The molecule has 0 aliphatic carbocycles. The predicted octanol–water partition coefficient (Wildman–Crippen LogP) is 3.40. The number of aryl methyl sites for hydroxylation is 3. The van der Waals surface area contributed by atoms with Gasteiger partial charge in [-0.1, -0.05) is 6.42 Å². The third kappa shape index (κ3) is 3.71. The van der Waals surface area contributed by atoms with Gasteiger partial charge in [0.1, 0.15) is 10.8 Å². The lowest BCUT2D eigenvalue weighted by Crippen LogP contribution is -2.39. The number of hydrogen-bond donors (Lipinski definition) is 0. The zero-order valence-electron chi connectivity index (χ0n) is 13.0. The van der Waals surface area contributed by atoms with Crippen LogP contribution in [-0.2, 0) is 13.1 Å². The lowest BCUT2D eigenvalue weighted by Gasteiger charge is -2.35. The van der Waals surface area contributed by atoms with E-state index >= 15 is 0 Å². The molecule has 0 saturated carbocycles. The Kier molecular flexibility index (Phi) is 4.70. The number of nitrogens with zero attached hydrogens (tertiary/aromatic N) is 4. The molecule has 0 radical (unpaired) electrons. The van der Waals surface area contributed by atoms with Crippen molar-refractivity contribution in [3.8, 4) is 0 Å². The van der Waals surface area contributed by atoms with Crippen LogP contribution in [-0.4, -0.2) is 32.0 Å². The van der Waals surface area contributed by atoms with Gasteiger partial charge in [0.05, 0.1) is 6.54 Å². The molecule has 2 aromatic rings. The number of aromatic nitrogens is 3. The molecule has 2 aromatic heterocycles. The zero-order chi connectivity index (χ0) is 14.7. The summed E-state index contributed by atoms with van der Waals surface area (Å²) < 4.78 is 2.26. The molecule has 1 aliphatic heterocycles. The highest BCUT2D eigenvalue weighted by atomic mass is 32.1. The minimum absolute atomic E-state index is 0.685. The molecule has 3 heterocycles. The smallest absolute Gasteiger partial charge is 0.107 e. The molecule has 114 valence electrons. The molecule has 0 aromatic carbocycles. The normalized spacial score (nSPS) is 20.0. The summed E-state index contributed by atoms with van der Waals surface area (Å²) in [5.41, 5.74) is 1.15. The molecule has 0 N–H and O–H groups in total. The minimum Gasteiger partial charge on any atom is -0.335 e. The Morgan fingerprint density at radius 3 is 2.95 bits per heavy atom. The lowest BCUT2D eigenvalue weighted by atomic mass is 9.99. The highest BCUT2D eigenvalue weighted by Gasteiger charge is 2.23. The highest BCUT2D eigenvalue weighted by Crippen LogP contribution is 2.23. The number of thiazole rings is 1. The van der Waals surface area contributed by atoms with Gasteiger partial charge in [0, 0.05) is 36.1 Å². The molecule has 0 bridgehead atoms. The minimum atomic E-state index is 0.685. The third-order valence-corrected chi connectivity index (χ3v) is 5.33. The summed E-state index contributed by atoms with van der Waals surface area (Å²) in [6.45, 7) is 7.47. The number of piperidine rings is 1. The maximum atomic E-state index is 4.63. The van der Waals surface area contributed by atoms with E-state index in [1.54, 1.807) is 11.3 Å². The van der Waals surface area contributed by atoms with E-state index < -0.39 is 0 Å². The van der Waals surface area contributed by atoms with Crippen molar-refractivity contribution in [1.82, 2.24) is 19.4 Å². The molecule has 3 rings (SSSR count). The van der Waals surface area contributed by atoms with E-state index in [1.165, 1.54) is 37.2 Å². The topological polar surface area (TPSA) is 34.0 Å². The van der Waals surface area contributed by atoms with Crippen molar-refractivity contribution in [1.29, 1.82) is 0 Å². The molecule has 0 spiro atoms. The van der Waals surface area contributed by atoms with E-state index in [1.807, 2.05) is 6.20 Å². The summed E-state index contributed by atoms with van der Waals surface area (Å²) >= 11 is 1.80. The summed E-state index contributed by atoms with van der Waals surface area (Å²) in [5, 5.41) is 3.42. The van der Waals surface area contributed by atoms with Gasteiger partial charge in [0.25, 0.3) is 0 Å². The monoisotopic (exact) mass is 304 g/mol. The second kappa shape index (κ2) is 6.71. The average Bonchev–Trinajstić information content (AvgIpc) is 3.07. The molecule has 0 amide bonds. The van der Waals surface area contributed by atoms with Crippen LogP contribution in [0.3, 0.4) is 0 Å². The summed E-state index contributed by atoms with van der Waals surface area (Å²) in [4.78, 5) is 11.6. The first-order valence-electron chi connectivity index (χ1n) is 7.85. The Morgan fingerprint density at radius 2 is 2.24 bits per heavy atom. The SMILES string of the molecule is Cc1csc(CN2CCCC[C@@H]2CCn2ccnc2C)n1. The molecule has 5 heteroatoms. The number of rotatable bonds is 5. The predicted molar refractivity (Wildman–Crippen MR) is 86.5 cm³/mol. The van der Waals surface area contributed by atoms with Crippen LogP contribution in [0.25, 0.3) is 0 Å². The molecule has 1 saturated heterocycles. The standard InChI is InChI=1S/C16H24N4S/c1-13-12-21-16(18-13)11-20-8-4-3-5-15(20)6-9-19-10-7-17-14(19)2/h7,10,12,15H,3-6,8-9,11H2,1-2H3/t15-/m1/s1. The molecular weight excluding hydrogens is 280 g/mol. The summed E-state index contributed by atoms with van der Waals surface area (Å²) in [7, 11) is 0. The Labute approximate surface area is 130 Å². The number of imidazole rings is 1. The summed E-state index contributed by atoms with van der Waals surface area (Å²) in [6, 6.07) is 0.685. The second-order valence-electron chi connectivity index (χ2n) is 5.96. The molecule has 4 nitrogen and oxygen atoms in total. The van der Waals surface area contributed by atoms with Crippen LogP contribution in [0, 0.1) is 13.8 Å². The summed E-state index contributed by atoms with van der Waals surface area (Å²) in [6.07, 6.45) is 9.20. The molecule has 21 heavy (non-hydrogen) atoms. The number of likely N-dealkylation sites (tertiary alicyclic amines) is 1. The van der Waals surface area contributed by atoms with Crippen LogP contribution in [0.5, 0.6) is 0 Å². The van der Waals surface area contributed by atoms with Gasteiger partial charge in [0.15, 0.2) is 0 Å². The quantitative estimate of drug-likeness (QED) is 0.849. The van der Waals surface area contributed by atoms with E-state index in [4.69, 9.17) is 0 Å². The first kappa shape index (κ1) is 14.7. The Balaban J connectivity index is 1.60. The summed E-state index contributed by atoms with van der Waals surface area (Å²) in [5.74, 6) is 1.12. The van der Waals surface area contributed by atoms with Crippen molar-refractivity contribution in [2.24, 2.45) is 0 Å². The van der Waals surface area contributed by atoms with Crippen LogP contribution >= 0.6 is 11.3 Å². The van der Waals surface area contributed by atoms with Gasteiger partial charge in [-0.15, -0.1) is 11.3 Å². The fraction of sp³-hybridized carbons (Fsp3) is 0.625. The van der Waals surface area contributed by atoms with Crippen molar-refractivity contribution >= 4 is 11.3 Å². The molecule has 1 atom stereocenters. The Morgan fingerprint density at radius 1 is 1.33 bits per heavy atom. The van der Waals surface area contributed by atoms with Gasteiger partial charge in [-0.3, -0.25) is 4.90 Å². The second-order valence-corrected chi connectivity index (χ2v) is 6.90. The largest absolute Gasteiger partial charge is 0.335 e. The Bertz CT molecular complexity index is 574. The van der Waals surface area contributed by atoms with Gasteiger partial charge in [-0.25, -0.2) is 9.97 Å². The lowest BCUT2D eigenvalue weighted by molar-refractivity contribution is 0.128. The van der Waals surface area contributed by atoms with Gasteiger partial charge >= 0.3 is 0 Å². The van der Waals surface area contributed by atoms with Gasteiger partial charge in [-0.2, -0.15) is 0 Å². The van der Waals surface area contributed by atoms with Crippen molar-refractivity contribution in [2.75, 3.05) is 6.54 Å². The molecule has 1 fully saturated rings. The van der Waals surface area contributed by atoms with E-state index in [0.29, 0.717) is 6.04 Å². The van der Waals surface area contributed by atoms with Gasteiger partial charge in [0.2, 0.25) is 0 Å². The van der Waals surface area contributed by atoms with Crippen molar-refractivity contribution in [3.63, 3.8) is 0 Å². The molecular formula is C16H24N4S. The third-order valence-electron chi connectivity index (χ3n) is 4.38. The fourth-order valence-corrected chi connectivity index (χ4v) is 3.97. The first-order chi connectivity index (χ1) is 10.2. The van der Waals surface area contributed by atoms with Crippen LogP contribution < -0.4 is 0 Å². The number of hydrogen-bond acceptors (Lipinski definition) is 4. The van der Waals surface area contributed by atoms with Crippen LogP contribution in [0.1, 0.15) is 42.2 Å². The van der Waals surface area contributed by atoms with Crippen molar-refractivity contribution in [3.05, 3.63) is 34.3 Å². The van der Waals surface area contributed by atoms with Gasteiger partial charge < -0.3 is 4.57 Å². The van der Waals surface area contributed by atoms with Gasteiger partial charge in [-0.05, 0) is 39.7 Å². The zero-order valence-corrected chi connectivity index (χ0v) is 13.8. The highest BCUT2D eigenvalue weighted by molar-refractivity contribution is 7.09. The first-order valence-corrected chi connectivity index (χ1v) is 8.73. The fourth-order valence-electron chi connectivity index (χ4n) is 3.17. The van der Waals surface area contributed by atoms with E-state index in [9.17, 15) is 0 Å².